The van der Waals surface area contributed by atoms with Gasteiger partial charge in [-0.2, -0.15) is 0 Å². The van der Waals surface area contributed by atoms with E-state index >= 15 is 0 Å². The van der Waals surface area contributed by atoms with Gasteiger partial charge in [-0.15, -0.1) is 0 Å². The van der Waals surface area contributed by atoms with Gasteiger partial charge in [0.15, 0.2) is 0 Å². The van der Waals surface area contributed by atoms with Crippen molar-refractivity contribution in [2.24, 2.45) is 0 Å². The summed E-state index contributed by atoms with van der Waals surface area (Å²) < 4.78 is 40.9. The molecule has 0 atom stereocenters. The van der Waals surface area contributed by atoms with E-state index in [4.69, 9.17) is 9.47 Å². The number of halogens is 3. The van der Waals surface area contributed by atoms with E-state index in [1.54, 1.807) is 42.5 Å². The summed E-state index contributed by atoms with van der Waals surface area (Å²) in [6, 6.07) is 14.5. The van der Waals surface area contributed by atoms with Gasteiger partial charge in [0.2, 0.25) is 0 Å². The number of para-hydroxylation sites is 1. The monoisotopic (exact) mass is 404 g/mol. The Balaban J connectivity index is 2.18. The lowest BCUT2D eigenvalue weighted by Gasteiger charge is -2.14. The third-order valence-corrected chi connectivity index (χ3v) is 4.40. The lowest BCUT2D eigenvalue weighted by Crippen LogP contribution is -1.96. The molecule has 0 aliphatic carbocycles. The third kappa shape index (κ3) is 3.37. The first-order chi connectivity index (χ1) is 12.0. The molecule has 128 valence electrons. The van der Waals surface area contributed by atoms with Crippen molar-refractivity contribution in [2.75, 3.05) is 14.2 Å². The molecule has 25 heavy (non-hydrogen) atoms. The molecular formula is C20H15BrF2O2. The number of benzene rings is 3. The fourth-order valence-electron chi connectivity index (χ4n) is 2.72. The molecular weight excluding hydrogens is 390 g/mol. The second-order valence-corrected chi connectivity index (χ2v) is 6.27. The topological polar surface area (TPSA) is 18.5 Å². The summed E-state index contributed by atoms with van der Waals surface area (Å²) in [5.41, 5.74) is 1.25. The largest absolute Gasteiger partial charge is 0.496 e. The van der Waals surface area contributed by atoms with Crippen molar-refractivity contribution in [3.8, 4) is 33.8 Å². The van der Waals surface area contributed by atoms with E-state index in [0.717, 1.165) is 4.47 Å². The first kappa shape index (κ1) is 17.4. The summed E-state index contributed by atoms with van der Waals surface area (Å²) in [6.45, 7) is 0. The molecule has 5 heteroatoms. The maximum atomic E-state index is 14.8. The van der Waals surface area contributed by atoms with Gasteiger partial charge in [-0.3, -0.25) is 0 Å². The summed E-state index contributed by atoms with van der Waals surface area (Å²) in [6.07, 6.45) is 0. The zero-order valence-electron chi connectivity index (χ0n) is 13.6. The van der Waals surface area contributed by atoms with Crippen molar-refractivity contribution in [1.29, 1.82) is 0 Å². The molecule has 0 aliphatic rings. The molecule has 3 aromatic rings. The summed E-state index contributed by atoms with van der Waals surface area (Å²) >= 11 is 3.35. The van der Waals surface area contributed by atoms with Crippen LogP contribution in [0.2, 0.25) is 0 Å². The SMILES string of the molecule is COc1ccccc1-c1cc(F)c(-c2cc(Br)ccc2OC)cc1F. The van der Waals surface area contributed by atoms with E-state index in [2.05, 4.69) is 15.9 Å². The summed E-state index contributed by atoms with van der Waals surface area (Å²) in [4.78, 5) is 0. The second kappa shape index (κ2) is 7.23. The molecule has 0 spiro atoms. The molecule has 0 amide bonds. The van der Waals surface area contributed by atoms with Crippen LogP contribution in [0.25, 0.3) is 22.3 Å². The van der Waals surface area contributed by atoms with Crippen LogP contribution in [-0.2, 0) is 0 Å². The maximum absolute atomic E-state index is 14.8. The Hall–Kier alpha value is -2.40. The Morgan fingerprint density at radius 1 is 0.680 bits per heavy atom. The normalized spacial score (nSPS) is 10.6. The highest BCUT2D eigenvalue weighted by atomic mass is 79.9. The molecule has 0 saturated heterocycles. The van der Waals surface area contributed by atoms with Crippen molar-refractivity contribution in [3.05, 3.63) is 70.7 Å². The smallest absolute Gasteiger partial charge is 0.131 e. The van der Waals surface area contributed by atoms with Crippen LogP contribution in [0.4, 0.5) is 8.78 Å². The molecule has 0 bridgehead atoms. The molecule has 0 unspecified atom stereocenters. The van der Waals surface area contributed by atoms with Crippen LogP contribution < -0.4 is 9.47 Å². The highest BCUT2D eigenvalue weighted by Gasteiger charge is 2.18. The van der Waals surface area contributed by atoms with Crippen LogP contribution in [0, 0.1) is 11.6 Å². The molecule has 3 rings (SSSR count). The first-order valence-electron chi connectivity index (χ1n) is 7.51. The van der Waals surface area contributed by atoms with Gasteiger partial charge < -0.3 is 9.47 Å². The molecule has 0 N–H and O–H groups in total. The standard InChI is InChI=1S/C20H15BrF2O2/c1-24-19-6-4-3-5-13(19)14-10-18(23)15(11-17(14)22)16-9-12(21)7-8-20(16)25-2/h3-11H,1-2H3. The number of ether oxygens (including phenoxy) is 2. The lowest BCUT2D eigenvalue weighted by molar-refractivity contribution is 0.415. The van der Waals surface area contributed by atoms with E-state index in [-0.39, 0.29) is 11.1 Å². The minimum atomic E-state index is -0.543. The fourth-order valence-corrected chi connectivity index (χ4v) is 3.08. The second-order valence-electron chi connectivity index (χ2n) is 5.36. The average Bonchev–Trinajstić information content (AvgIpc) is 2.63. The molecule has 0 saturated carbocycles. The molecule has 0 aliphatic heterocycles. The van der Waals surface area contributed by atoms with Crippen LogP contribution in [0.1, 0.15) is 0 Å². The molecule has 0 heterocycles. The van der Waals surface area contributed by atoms with Crippen LogP contribution in [0.15, 0.2) is 59.1 Å². The van der Waals surface area contributed by atoms with Crippen molar-refractivity contribution < 1.29 is 18.3 Å². The van der Waals surface area contributed by atoms with Gasteiger partial charge in [0, 0.05) is 26.7 Å². The zero-order valence-corrected chi connectivity index (χ0v) is 15.2. The average molecular weight is 405 g/mol. The number of hydrogen-bond acceptors (Lipinski definition) is 2. The minimum Gasteiger partial charge on any atom is -0.496 e. The van der Waals surface area contributed by atoms with E-state index in [1.807, 2.05) is 0 Å². The van der Waals surface area contributed by atoms with E-state index < -0.39 is 11.6 Å². The Bertz CT molecular complexity index is 926. The van der Waals surface area contributed by atoms with Crippen LogP contribution in [0.5, 0.6) is 11.5 Å². The van der Waals surface area contributed by atoms with Crippen molar-refractivity contribution in [3.63, 3.8) is 0 Å². The van der Waals surface area contributed by atoms with E-state index in [1.165, 1.54) is 26.4 Å². The van der Waals surface area contributed by atoms with E-state index in [9.17, 15) is 8.78 Å². The Labute approximate surface area is 153 Å². The molecule has 0 aromatic heterocycles. The highest BCUT2D eigenvalue weighted by molar-refractivity contribution is 9.10. The predicted octanol–water partition coefficient (Wildman–Crippen LogP) is 6.08. The first-order valence-corrected chi connectivity index (χ1v) is 8.30. The fraction of sp³-hybridized carbons (Fsp3) is 0.100. The summed E-state index contributed by atoms with van der Waals surface area (Å²) in [5.74, 6) is -0.137. The van der Waals surface area contributed by atoms with Gasteiger partial charge in [-0.25, -0.2) is 8.78 Å². The number of rotatable bonds is 4. The minimum absolute atomic E-state index is 0.134. The van der Waals surface area contributed by atoms with Crippen molar-refractivity contribution >= 4 is 15.9 Å². The third-order valence-electron chi connectivity index (χ3n) is 3.91. The molecule has 0 fully saturated rings. The van der Waals surface area contributed by atoms with Gasteiger partial charge in [-0.1, -0.05) is 34.1 Å². The van der Waals surface area contributed by atoms with Gasteiger partial charge >= 0.3 is 0 Å². The Kier molecular flexibility index (Phi) is 5.04. The van der Waals surface area contributed by atoms with Gasteiger partial charge in [0.25, 0.3) is 0 Å². The molecule has 3 aromatic carbocycles. The highest BCUT2D eigenvalue weighted by Crippen LogP contribution is 2.38. The van der Waals surface area contributed by atoms with Gasteiger partial charge in [0.05, 0.1) is 14.2 Å². The summed E-state index contributed by atoms with van der Waals surface area (Å²) in [7, 11) is 2.98. The van der Waals surface area contributed by atoms with Crippen LogP contribution >= 0.6 is 15.9 Å². The van der Waals surface area contributed by atoms with Crippen molar-refractivity contribution in [1.82, 2.24) is 0 Å². The summed E-state index contributed by atoms with van der Waals surface area (Å²) in [5, 5.41) is 0. The number of methoxy groups -OCH3 is 2. The quantitative estimate of drug-likeness (QED) is 0.524. The number of hydrogen-bond donors (Lipinski definition) is 0. The Morgan fingerprint density at radius 3 is 1.88 bits per heavy atom. The lowest BCUT2D eigenvalue weighted by atomic mass is 9.98. The van der Waals surface area contributed by atoms with Gasteiger partial charge in [0.1, 0.15) is 23.1 Å². The van der Waals surface area contributed by atoms with Gasteiger partial charge in [-0.05, 0) is 36.4 Å². The van der Waals surface area contributed by atoms with E-state index in [0.29, 0.717) is 22.6 Å². The predicted molar refractivity (Wildman–Crippen MR) is 98.0 cm³/mol. The maximum Gasteiger partial charge on any atom is 0.131 e. The van der Waals surface area contributed by atoms with Crippen LogP contribution in [-0.4, -0.2) is 14.2 Å². The Morgan fingerprint density at radius 2 is 1.24 bits per heavy atom. The van der Waals surface area contributed by atoms with Crippen molar-refractivity contribution in [2.45, 2.75) is 0 Å². The molecule has 2 nitrogen and oxygen atoms in total. The van der Waals surface area contributed by atoms with Crippen LogP contribution in [0.3, 0.4) is 0 Å². The molecule has 0 radical (unpaired) electrons. The zero-order chi connectivity index (χ0) is 18.0.